The molecule has 7 nitrogen and oxygen atoms in total. The summed E-state index contributed by atoms with van der Waals surface area (Å²) in [7, 11) is 0. The number of carbonyl (C=O) groups is 2. The largest absolute Gasteiger partial charge is 0.351 e. The molecule has 2 aromatic heterocycles. The van der Waals surface area contributed by atoms with Crippen LogP contribution in [0.25, 0.3) is 0 Å². The molecule has 0 spiro atoms. The highest BCUT2D eigenvalue weighted by molar-refractivity contribution is 5.95. The molecular formula is C23H22N4O3. The lowest BCUT2D eigenvalue weighted by Crippen LogP contribution is -2.37. The molecule has 0 unspecified atom stereocenters. The van der Waals surface area contributed by atoms with Gasteiger partial charge in [-0.1, -0.05) is 29.4 Å². The second-order valence-electron chi connectivity index (χ2n) is 8.01. The Labute approximate surface area is 174 Å². The predicted octanol–water partition coefficient (Wildman–Crippen LogP) is 2.96. The van der Waals surface area contributed by atoms with Gasteiger partial charge >= 0.3 is 0 Å². The summed E-state index contributed by atoms with van der Waals surface area (Å²) in [5, 5.41) is 3.65. The first-order valence-electron chi connectivity index (χ1n) is 10.1. The molecule has 0 bridgehead atoms. The molecule has 152 valence electrons. The Bertz CT molecular complexity index is 1070. The summed E-state index contributed by atoms with van der Waals surface area (Å²) < 4.78 is 5.06. The fourth-order valence-electron chi connectivity index (χ4n) is 4.87. The normalized spacial score (nSPS) is 22.9. The lowest BCUT2D eigenvalue weighted by Gasteiger charge is -2.31. The van der Waals surface area contributed by atoms with Crippen LogP contribution < -0.4 is 0 Å². The van der Waals surface area contributed by atoms with Crippen molar-refractivity contribution < 1.29 is 14.1 Å². The van der Waals surface area contributed by atoms with E-state index in [4.69, 9.17) is 4.52 Å². The highest BCUT2D eigenvalue weighted by Gasteiger charge is 2.50. The zero-order valence-corrected chi connectivity index (χ0v) is 16.6. The molecule has 0 saturated carbocycles. The van der Waals surface area contributed by atoms with Gasteiger partial charge in [0.25, 0.3) is 11.8 Å². The molecule has 7 heteroatoms. The zero-order chi connectivity index (χ0) is 20.7. The van der Waals surface area contributed by atoms with Gasteiger partial charge in [-0.3, -0.25) is 14.6 Å². The Hall–Kier alpha value is -3.48. The van der Waals surface area contributed by atoms with Crippen LogP contribution in [0.5, 0.6) is 0 Å². The van der Waals surface area contributed by atoms with Crippen molar-refractivity contribution in [2.24, 2.45) is 11.8 Å². The maximum absolute atomic E-state index is 13.4. The van der Waals surface area contributed by atoms with Crippen molar-refractivity contribution in [3.8, 4) is 0 Å². The molecule has 0 aliphatic carbocycles. The molecule has 0 N–H and O–H groups in total. The second kappa shape index (κ2) is 7.40. The van der Waals surface area contributed by atoms with Gasteiger partial charge in [-0.15, -0.1) is 0 Å². The Kier molecular flexibility index (Phi) is 4.58. The van der Waals surface area contributed by atoms with E-state index in [9.17, 15) is 9.59 Å². The van der Waals surface area contributed by atoms with Crippen LogP contribution in [0.3, 0.4) is 0 Å². The van der Waals surface area contributed by atoms with Crippen molar-refractivity contribution in [3.63, 3.8) is 0 Å². The number of carbonyl (C=O) groups excluding carboxylic acids is 2. The second-order valence-corrected chi connectivity index (χ2v) is 8.01. The molecule has 2 amide bonds. The molecular weight excluding hydrogens is 380 g/mol. The molecule has 3 aromatic rings. The van der Waals surface area contributed by atoms with Crippen LogP contribution in [-0.4, -0.2) is 51.4 Å². The summed E-state index contributed by atoms with van der Waals surface area (Å²) in [6.45, 7) is 3.86. The lowest BCUT2D eigenvalue weighted by molar-refractivity contribution is 0.0662. The van der Waals surface area contributed by atoms with Gasteiger partial charge in [0.05, 0.1) is 17.8 Å². The highest BCUT2D eigenvalue weighted by Crippen LogP contribution is 2.46. The number of hydrogen-bond donors (Lipinski definition) is 0. The fourth-order valence-corrected chi connectivity index (χ4v) is 4.87. The summed E-state index contributed by atoms with van der Waals surface area (Å²) in [4.78, 5) is 34.0. The molecule has 30 heavy (non-hydrogen) atoms. The van der Waals surface area contributed by atoms with Crippen LogP contribution in [0.4, 0.5) is 0 Å². The molecule has 2 fully saturated rings. The molecule has 2 aliphatic heterocycles. The summed E-state index contributed by atoms with van der Waals surface area (Å²) in [6, 6.07) is 13.3. The van der Waals surface area contributed by atoms with Crippen LogP contribution in [0.1, 0.15) is 38.1 Å². The number of pyridine rings is 1. The molecule has 3 atom stereocenters. The van der Waals surface area contributed by atoms with Gasteiger partial charge in [0.15, 0.2) is 0 Å². The third-order valence-electron chi connectivity index (χ3n) is 6.28. The summed E-state index contributed by atoms with van der Waals surface area (Å²) in [6.07, 6.45) is 4.76. The van der Waals surface area contributed by atoms with E-state index in [2.05, 4.69) is 29.2 Å². The van der Waals surface area contributed by atoms with Crippen molar-refractivity contribution in [2.75, 3.05) is 19.6 Å². The van der Waals surface area contributed by atoms with Crippen molar-refractivity contribution >= 4 is 11.8 Å². The number of amides is 2. The van der Waals surface area contributed by atoms with Gasteiger partial charge < -0.3 is 14.3 Å². The third kappa shape index (κ3) is 3.07. The van der Waals surface area contributed by atoms with Gasteiger partial charge in [0.1, 0.15) is 0 Å². The first kappa shape index (κ1) is 18.5. The predicted molar refractivity (Wildman–Crippen MR) is 109 cm³/mol. The summed E-state index contributed by atoms with van der Waals surface area (Å²) in [5.41, 5.74) is 2.87. The number of nitrogens with zero attached hydrogens (tertiary/aromatic N) is 4. The Balaban J connectivity index is 1.47. The molecule has 1 aromatic carbocycles. The molecule has 2 aliphatic rings. The third-order valence-corrected chi connectivity index (χ3v) is 6.28. The Morgan fingerprint density at radius 3 is 2.60 bits per heavy atom. The van der Waals surface area contributed by atoms with E-state index < -0.39 is 0 Å². The summed E-state index contributed by atoms with van der Waals surface area (Å²) in [5.74, 6) is 0.473. The standard InChI is InChI=1S/C23H22N4O3/c1-15-5-2-3-7-18(15)21-19-14-26(23(29)20-8-10-25-30-20)12-17(19)13-27(21)22(28)16-6-4-9-24-11-16/h2-11,17,19,21H,12-14H2,1H3/t17-,19-,21+/m0/s1. The van der Waals surface area contributed by atoms with Crippen LogP contribution >= 0.6 is 0 Å². The average molecular weight is 402 g/mol. The van der Waals surface area contributed by atoms with Gasteiger partial charge in [-0.2, -0.15) is 0 Å². The topological polar surface area (TPSA) is 79.5 Å². The van der Waals surface area contributed by atoms with E-state index in [0.717, 1.165) is 11.1 Å². The highest BCUT2D eigenvalue weighted by atomic mass is 16.5. The maximum Gasteiger partial charge on any atom is 0.292 e. The number of aromatic nitrogens is 2. The minimum absolute atomic E-state index is 0.0149. The van der Waals surface area contributed by atoms with Crippen LogP contribution in [-0.2, 0) is 0 Å². The van der Waals surface area contributed by atoms with Crippen molar-refractivity contribution in [1.82, 2.24) is 19.9 Å². The average Bonchev–Trinajstić information content (AvgIpc) is 3.50. The van der Waals surface area contributed by atoms with E-state index in [0.29, 0.717) is 25.2 Å². The minimum Gasteiger partial charge on any atom is -0.351 e. The van der Waals surface area contributed by atoms with E-state index in [1.807, 2.05) is 21.9 Å². The Morgan fingerprint density at radius 1 is 1.00 bits per heavy atom. The van der Waals surface area contributed by atoms with Gasteiger partial charge in [-0.05, 0) is 30.2 Å². The quantitative estimate of drug-likeness (QED) is 0.673. The number of aryl methyl sites for hydroxylation is 1. The minimum atomic E-state index is -0.143. The number of fused-ring (bicyclic) bond motifs is 1. The maximum atomic E-state index is 13.4. The number of benzene rings is 1. The molecule has 5 rings (SSSR count). The SMILES string of the molecule is Cc1ccccc1[C@@H]1[C@H]2CN(C(=O)c3ccno3)C[C@H]2CN1C(=O)c1cccnc1. The monoisotopic (exact) mass is 402 g/mol. The number of hydrogen-bond acceptors (Lipinski definition) is 5. The zero-order valence-electron chi connectivity index (χ0n) is 16.6. The van der Waals surface area contributed by atoms with E-state index in [1.54, 1.807) is 30.6 Å². The van der Waals surface area contributed by atoms with E-state index in [-0.39, 0.29) is 35.5 Å². The van der Waals surface area contributed by atoms with Crippen molar-refractivity contribution in [2.45, 2.75) is 13.0 Å². The molecule has 2 saturated heterocycles. The molecule has 0 radical (unpaired) electrons. The summed E-state index contributed by atoms with van der Waals surface area (Å²) >= 11 is 0. The van der Waals surface area contributed by atoms with Crippen LogP contribution in [0.15, 0.2) is 65.6 Å². The van der Waals surface area contributed by atoms with Gasteiger partial charge in [-0.25, -0.2) is 0 Å². The lowest BCUT2D eigenvalue weighted by atomic mass is 9.87. The van der Waals surface area contributed by atoms with Crippen LogP contribution in [0, 0.1) is 18.8 Å². The van der Waals surface area contributed by atoms with Crippen LogP contribution in [0.2, 0.25) is 0 Å². The number of likely N-dealkylation sites (tertiary alicyclic amines) is 2. The first-order chi connectivity index (χ1) is 14.6. The first-order valence-corrected chi connectivity index (χ1v) is 10.1. The van der Waals surface area contributed by atoms with E-state index in [1.165, 1.54) is 6.20 Å². The van der Waals surface area contributed by atoms with Gasteiger partial charge in [0, 0.05) is 49.9 Å². The van der Waals surface area contributed by atoms with Crippen molar-refractivity contribution in [3.05, 3.63) is 83.5 Å². The number of rotatable bonds is 3. The Morgan fingerprint density at radius 2 is 1.87 bits per heavy atom. The van der Waals surface area contributed by atoms with Gasteiger partial charge in [0.2, 0.25) is 5.76 Å². The smallest absolute Gasteiger partial charge is 0.292 e. The molecule has 4 heterocycles. The van der Waals surface area contributed by atoms with Crippen molar-refractivity contribution in [1.29, 1.82) is 0 Å². The fraction of sp³-hybridized carbons (Fsp3) is 0.304. The van der Waals surface area contributed by atoms with E-state index >= 15 is 0 Å².